The third kappa shape index (κ3) is 3.92. The zero-order valence-corrected chi connectivity index (χ0v) is 10.7. The van der Waals surface area contributed by atoms with Gasteiger partial charge in [0.15, 0.2) is 0 Å². The van der Waals surface area contributed by atoms with Crippen molar-refractivity contribution >= 4 is 17.3 Å². The third-order valence-electron chi connectivity index (χ3n) is 2.65. The Morgan fingerprint density at radius 1 is 1.47 bits per heavy atom. The highest BCUT2D eigenvalue weighted by atomic mass is 16.6. The van der Waals surface area contributed by atoms with Gasteiger partial charge in [0.1, 0.15) is 0 Å². The van der Waals surface area contributed by atoms with Gasteiger partial charge in [-0.2, -0.15) is 0 Å². The third-order valence-corrected chi connectivity index (χ3v) is 2.65. The van der Waals surface area contributed by atoms with E-state index in [0.717, 1.165) is 6.07 Å². The number of nitrogens with one attached hydrogen (secondary N) is 1. The molecule has 0 unspecified atom stereocenters. The summed E-state index contributed by atoms with van der Waals surface area (Å²) in [7, 11) is 0. The molecule has 7 heteroatoms. The smallest absolute Gasteiger partial charge is 0.338 e. The minimum atomic E-state index is -1.24. The van der Waals surface area contributed by atoms with Crippen LogP contribution in [0.5, 0.6) is 0 Å². The molecule has 0 spiro atoms. The summed E-state index contributed by atoms with van der Waals surface area (Å²) in [6, 6.07) is 3.62. The molecule has 0 fully saturated rings. The molecule has 1 aromatic carbocycles. The van der Waals surface area contributed by atoms with Gasteiger partial charge in [0.25, 0.3) is 5.69 Å². The number of nitrogens with zero attached hydrogens (tertiary/aromatic N) is 1. The van der Waals surface area contributed by atoms with Crippen molar-refractivity contribution in [3.63, 3.8) is 0 Å². The van der Waals surface area contributed by atoms with E-state index in [1.165, 1.54) is 12.1 Å². The van der Waals surface area contributed by atoms with Crippen LogP contribution in [-0.4, -0.2) is 33.3 Å². The van der Waals surface area contributed by atoms with E-state index in [9.17, 15) is 14.9 Å². The number of carboxylic acid groups (broad SMARTS) is 1. The van der Waals surface area contributed by atoms with Gasteiger partial charge in [-0.3, -0.25) is 10.1 Å². The van der Waals surface area contributed by atoms with Crippen LogP contribution in [0.1, 0.15) is 30.6 Å². The first kappa shape index (κ1) is 14.9. The van der Waals surface area contributed by atoms with E-state index >= 15 is 0 Å². The lowest BCUT2D eigenvalue weighted by atomic mass is 9.99. The number of aliphatic hydroxyl groups is 1. The first-order valence-corrected chi connectivity index (χ1v) is 5.67. The molecule has 0 radical (unpaired) electrons. The average molecular weight is 268 g/mol. The lowest BCUT2D eigenvalue weighted by molar-refractivity contribution is -0.384. The van der Waals surface area contributed by atoms with E-state index < -0.39 is 16.4 Å². The van der Waals surface area contributed by atoms with Crippen molar-refractivity contribution in [2.75, 3.05) is 11.9 Å². The molecule has 0 saturated carbocycles. The summed E-state index contributed by atoms with van der Waals surface area (Å²) in [5.74, 6) is -1.24. The van der Waals surface area contributed by atoms with Gasteiger partial charge in [0, 0.05) is 30.0 Å². The molecule has 0 aromatic heterocycles. The normalized spacial score (nSPS) is 11.1. The van der Waals surface area contributed by atoms with Gasteiger partial charge in [0.05, 0.1) is 10.5 Å². The second-order valence-electron chi connectivity index (χ2n) is 4.77. The molecule has 0 aliphatic rings. The van der Waals surface area contributed by atoms with E-state index in [0.29, 0.717) is 6.42 Å². The topological polar surface area (TPSA) is 113 Å². The molecular formula is C12H16N2O5. The fourth-order valence-corrected chi connectivity index (χ4v) is 1.64. The highest BCUT2D eigenvalue weighted by Gasteiger charge is 2.22. The Hall–Kier alpha value is -2.15. The number of carbonyl (C=O) groups is 1. The van der Waals surface area contributed by atoms with Gasteiger partial charge in [-0.1, -0.05) is 0 Å². The summed E-state index contributed by atoms with van der Waals surface area (Å²) in [5, 5.41) is 31.6. The first-order valence-electron chi connectivity index (χ1n) is 5.67. The number of aliphatic hydroxyl groups excluding tert-OH is 1. The van der Waals surface area contributed by atoms with E-state index in [1.54, 1.807) is 13.8 Å². The number of hydrogen-bond donors (Lipinski definition) is 3. The SMILES string of the molecule is CC(C)(CCO)Nc1ccc([N+](=O)[O-])cc1C(=O)O. The summed E-state index contributed by atoms with van der Waals surface area (Å²) < 4.78 is 0. The fourth-order valence-electron chi connectivity index (χ4n) is 1.64. The fraction of sp³-hybridized carbons (Fsp3) is 0.417. The number of non-ortho nitro benzene ring substituents is 1. The molecule has 0 aliphatic carbocycles. The van der Waals surface area contributed by atoms with Crippen LogP contribution in [0.3, 0.4) is 0 Å². The monoisotopic (exact) mass is 268 g/mol. The Balaban J connectivity index is 3.14. The lowest BCUT2D eigenvalue weighted by Crippen LogP contribution is -2.32. The number of nitro groups is 1. The van der Waals surface area contributed by atoms with Crippen LogP contribution < -0.4 is 5.32 Å². The summed E-state index contributed by atoms with van der Waals surface area (Å²) >= 11 is 0. The van der Waals surface area contributed by atoms with E-state index in [1.807, 2.05) is 0 Å². The van der Waals surface area contributed by atoms with Gasteiger partial charge in [-0.25, -0.2) is 4.79 Å². The molecule has 0 atom stereocenters. The molecule has 0 aliphatic heterocycles. The standard InChI is InChI=1S/C12H16N2O5/c1-12(2,5-6-15)13-10-4-3-8(14(18)19)7-9(10)11(16)17/h3-4,7,13,15H,5-6H2,1-2H3,(H,16,17). The Kier molecular flexibility index (Phi) is 4.44. The molecule has 1 aromatic rings. The maximum Gasteiger partial charge on any atom is 0.338 e. The van der Waals surface area contributed by atoms with Crippen LogP contribution in [0.15, 0.2) is 18.2 Å². The quantitative estimate of drug-likeness (QED) is 0.536. The minimum absolute atomic E-state index is 0.0462. The number of benzene rings is 1. The molecule has 1 rings (SSSR count). The molecule has 19 heavy (non-hydrogen) atoms. The highest BCUT2D eigenvalue weighted by Crippen LogP contribution is 2.26. The van der Waals surface area contributed by atoms with Crippen molar-refractivity contribution in [1.29, 1.82) is 0 Å². The predicted molar refractivity (Wildman–Crippen MR) is 69.5 cm³/mol. The second-order valence-corrected chi connectivity index (χ2v) is 4.77. The zero-order chi connectivity index (χ0) is 14.6. The van der Waals surface area contributed by atoms with Crippen LogP contribution >= 0.6 is 0 Å². The van der Waals surface area contributed by atoms with Crippen LogP contribution in [0.2, 0.25) is 0 Å². The average Bonchev–Trinajstić information content (AvgIpc) is 2.27. The summed E-state index contributed by atoms with van der Waals surface area (Å²) in [6.07, 6.45) is 0.420. The van der Waals surface area contributed by atoms with Gasteiger partial charge in [-0.05, 0) is 26.3 Å². The van der Waals surface area contributed by atoms with Crippen molar-refractivity contribution in [2.24, 2.45) is 0 Å². The van der Waals surface area contributed by atoms with Crippen molar-refractivity contribution in [2.45, 2.75) is 25.8 Å². The Morgan fingerprint density at radius 2 is 2.11 bits per heavy atom. The number of hydrogen-bond acceptors (Lipinski definition) is 5. The number of aromatic carboxylic acids is 1. The van der Waals surface area contributed by atoms with Crippen molar-refractivity contribution in [3.05, 3.63) is 33.9 Å². The van der Waals surface area contributed by atoms with Crippen LogP contribution in [0, 0.1) is 10.1 Å². The maximum atomic E-state index is 11.1. The van der Waals surface area contributed by atoms with Crippen molar-refractivity contribution in [3.8, 4) is 0 Å². The Labute approximate surface area is 110 Å². The summed E-state index contributed by atoms with van der Waals surface area (Å²) in [4.78, 5) is 21.1. The van der Waals surface area contributed by atoms with Gasteiger partial charge in [-0.15, -0.1) is 0 Å². The predicted octanol–water partition coefficient (Wildman–Crippen LogP) is 1.87. The molecule has 3 N–H and O–H groups in total. The number of carboxylic acids is 1. The highest BCUT2D eigenvalue weighted by molar-refractivity contribution is 5.95. The second kappa shape index (κ2) is 5.66. The lowest BCUT2D eigenvalue weighted by Gasteiger charge is -2.27. The van der Waals surface area contributed by atoms with Gasteiger partial charge < -0.3 is 15.5 Å². The van der Waals surface area contributed by atoms with Gasteiger partial charge >= 0.3 is 5.97 Å². The maximum absolute atomic E-state index is 11.1. The number of rotatable bonds is 6. The number of nitro benzene ring substituents is 1. The Morgan fingerprint density at radius 3 is 2.58 bits per heavy atom. The molecule has 0 saturated heterocycles. The van der Waals surface area contributed by atoms with E-state index in [4.69, 9.17) is 10.2 Å². The minimum Gasteiger partial charge on any atom is -0.478 e. The molecule has 104 valence electrons. The van der Waals surface area contributed by atoms with Crippen molar-refractivity contribution < 1.29 is 19.9 Å². The van der Waals surface area contributed by atoms with Crippen LogP contribution in [0.4, 0.5) is 11.4 Å². The van der Waals surface area contributed by atoms with Crippen LogP contribution in [0.25, 0.3) is 0 Å². The van der Waals surface area contributed by atoms with E-state index in [-0.39, 0.29) is 23.5 Å². The molecule has 0 bridgehead atoms. The summed E-state index contributed by atoms with van der Waals surface area (Å²) in [5.41, 5.74) is -0.672. The van der Waals surface area contributed by atoms with Crippen LogP contribution in [-0.2, 0) is 0 Å². The Bertz CT molecular complexity index is 499. The number of anilines is 1. The van der Waals surface area contributed by atoms with E-state index in [2.05, 4.69) is 5.32 Å². The molecule has 0 heterocycles. The molecule has 0 amide bonds. The van der Waals surface area contributed by atoms with Gasteiger partial charge in [0.2, 0.25) is 0 Å². The largest absolute Gasteiger partial charge is 0.478 e. The zero-order valence-electron chi connectivity index (χ0n) is 10.7. The first-order chi connectivity index (χ1) is 8.76. The summed E-state index contributed by atoms with van der Waals surface area (Å²) in [6.45, 7) is 3.56. The molecular weight excluding hydrogens is 252 g/mol. The van der Waals surface area contributed by atoms with Crippen molar-refractivity contribution in [1.82, 2.24) is 0 Å². The molecule has 7 nitrogen and oxygen atoms in total.